The van der Waals surface area contributed by atoms with Crippen molar-refractivity contribution < 1.29 is 19.1 Å². The Kier molecular flexibility index (Phi) is 5.23. The van der Waals surface area contributed by atoms with Gasteiger partial charge >= 0.3 is 12.1 Å². The normalized spacial score (nSPS) is 30.4. The number of methoxy groups -OCH3 is 1. The highest BCUT2D eigenvalue weighted by Crippen LogP contribution is 2.57. The number of amidine groups is 1. The van der Waals surface area contributed by atoms with Gasteiger partial charge in [0, 0.05) is 12.0 Å². The van der Waals surface area contributed by atoms with Gasteiger partial charge in [-0.15, -0.1) is 0 Å². The maximum Gasteiger partial charge on any atom is 0.408 e. The van der Waals surface area contributed by atoms with E-state index < -0.39 is 18.1 Å². The minimum atomic E-state index is -0.858. The summed E-state index contributed by atoms with van der Waals surface area (Å²) in [6, 6.07) is 6.21. The van der Waals surface area contributed by atoms with Crippen LogP contribution in [-0.2, 0) is 20.7 Å². The van der Waals surface area contributed by atoms with E-state index in [1.807, 2.05) is 6.07 Å². The largest absolute Gasteiger partial charge is 0.467 e. The van der Waals surface area contributed by atoms with Crippen LogP contribution in [-0.4, -0.2) is 36.7 Å². The molecule has 7 heteroatoms. The quantitative estimate of drug-likeness (QED) is 0.387. The molecule has 1 amide bonds. The molecule has 0 radical (unpaired) electrons. The number of amides is 1. The van der Waals surface area contributed by atoms with Crippen molar-refractivity contribution >= 4 is 17.9 Å². The van der Waals surface area contributed by atoms with E-state index in [1.54, 1.807) is 18.2 Å². The Labute approximate surface area is 170 Å². The fourth-order valence-corrected chi connectivity index (χ4v) is 5.96. The van der Waals surface area contributed by atoms with Gasteiger partial charge in [0.05, 0.1) is 7.11 Å². The number of carbonyl (C=O) groups is 2. The van der Waals surface area contributed by atoms with Crippen LogP contribution < -0.4 is 11.1 Å². The van der Waals surface area contributed by atoms with E-state index in [4.69, 9.17) is 20.6 Å². The van der Waals surface area contributed by atoms with E-state index in [9.17, 15) is 9.59 Å². The molecule has 4 fully saturated rings. The van der Waals surface area contributed by atoms with Crippen molar-refractivity contribution in [2.75, 3.05) is 7.11 Å². The van der Waals surface area contributed by atoms with Gasteiger partial charge in [-0.2, -0.15) is 0 Å². The predicted molar refractivity (Wildman–Crippen MR) is 107 cm³/mol. The molecule has 29 heavy (non-hydrogen) atoms. The average Bonchev–Trinajstić information content (AvgIpc) is 2.65. The lowest BCUT2D eigenvalue weighted by Crippen LogP contribution is -2.55. The molecule has 4 saturated carbocycles. The van der Waals surface area contributed by atoms with Gasteiger partial charge < -0.3 is 20.5 Å². The molecule has 5 rings (SSSR count). The molecule has 0 heterocycles. The molecule has 4 aliphatic rings. The van der Waals surface area contributed by atoms with E-state index >= 15 is 0 Å². The Morgan fingerprint density at radius 3 is 2.38 bits per heavy atom. The van der Waals surface area contributed by atoms with Gasteiger partial charge in [-0.05, 0) is 67.9 Å². The molecule has 1 atom stereocenters. The molecule has 0 spiro atoms. The van der Waals surface area contributed by atoms with Gasteiger partial charge in [0.25, 0.3) is 0 Å². The number of nitrogen functional groups attached to an aromatic ring is 1. The van der Waals surface area contributed by atoms with Crippen LogP contribution in [0.15, 0.2) is 24.3 Å². The molecule has 1 aromatic rings. The van der Waals surface area contributed by atoms with Crippen molar-refractivity contribution in [3.05, 3.63) is 35.4 Å². The van der Waals surface area contributed by atoms with Crippen molar-refractivity contribution in [2.24, 2.45) is 23.5 Å². The van der Waals surface area contributed by atoms with E-state index in [0.717, 1.165) is 24.8 Å². The van der Waals surface area contributed by atoms with Gasteiger partial charge in [-0.1, -0.05) is 18.2 Å². The maximum atomic E-state index is 12.7. The van der Waals surface area contributed by atoms with Crippen molar-refractivity contribution in [1.29, 1.82) is 5.41 Å². The monoisotopic (exact) mass is 399 g/mol. The molecule has 4 bridgehead atoms. The maximum absolute atomic E-state index is 12.7. The van der Waals surface area contributed by atoms with Crippen molar-refractivity contribution in [3.63, 3.8) is 0 Å². The van der Waals surface area contributed by atoms with Crippen molar-refractivity contribution in [2.45, 2.75) is 56.6 Å². The van der Waals surface area contributed by atoms with E-state index in [0.29, 0.717) is 23.3 Å². The molecular weight excluding hydrogens is 370 g/mol. The van der Waals surface area contributed by atoms with Crippen molar-refractivity contribution in [1.82, 2.24) is 5.32 Å². The summed E-state index contributed by atoms with van der Waals surface area (Å²) in [5.74, 6) is 1.43. The molecule has 7 nitrogen and oxygen atoms in total. The number of esters is 1. The number of ether oxygens (including phenoxy) is 2. The zero-order valence-electron chi connectivity index (χ0n) is 16.8. The summed E-state index contributed by atoms with van der Waals surface area (Å²) < 4.78 is 10.8. The molecule has 0 aliphatic heterocycles. The second-order valence-electron chi connectivity index (χ2n) is 9.03. The zero-order valence-corrected chi connectivity index (χ0v) is 16.8. The van der Waals surface area contributed by atoms with Crippen LogP contribution in [0.1, 0.15) is 49.7 Å². The number of hydrogen-bond donors (Lipinski definition) is 3. The van der Waals surface area contributed by atoms with E-state index in [2.05, 4.69) is 5.32 Å². The molecule has 156 valence electrons. The number of carbonyl (C=O) groups excluding carboxylic acids is 2. The number of alkyl carbamates (subject to hydrolysis) is 1. The van der Waals surface area contributed by atoms with Crippen LogP contribution in [0.4, 0.5) is 4.79 Å². The first-order valence-electron chi connectivity index (χ1n) is 10.4. The third-order valence-electron chi connectivity index (χ3n) is 6.75. The fourth-order valence-electron chi connectivity index (χ4n) is 5.96. The minimum Gasteiger partial charge on any atom is -0.467 e. The zero-order chi connectivity index (χ0) is 20.6. The molecule has 4 aliphatic carbocycles. The number of benzene rings is 1. The topological polar surface area (TPSA) is 115 Å². The summed E-state index contributed by atoms with van der Waals surface area (Å²) in [6.45, 7) is 0. The molecular formula is C22H29N3O4. The van der Waals surface area contributed by atoms with E-state index in [-0.39, 0.29) is 17.9 Å². The summed E-state index contributed by atoms with van der Waals surface area (Å²) in [7, 11) is 1.30. The second kappa shape index (κ2) is 7.69. The molecule has 4 N–H and O–H groups in total. The summed E-state index contributed by atoms with van der Waals surface area (Å²) in [6.07, 6.45) is 6.31. The predicted octanol–water partition coefficient (Wildman–Crippen LogP) is 2.75. The highest BCUT2D eigenvalue weighted by molar-refractivity contribution is 5.95. The smallest absolute Gasteiger partial charge is 0.408 e. The molecule has 0 aromatic heterocycles. The Balaban J connectivity index is 1.43. The summed E-state index contributed by atoms with van der Waals surface area (Å²) in [5, 5.41) is 10.3. The number of nitrogens with two attached hydrogens (primary N) is 1. The van der Waals surface area contributed by atoms with Gasteiger partial charge in [-0.3, -0.25) is 5.41 Å². The highest BCUT2D eigenvalue weighted by atomic mass is 16.6. The van der Waals surface area contributed by atoms with Crippen molar-refractivity contribution in [3.8, 4) is 0 Å². The van der Waals surface area contributed by atoms with Crippen LogP contribution in [0.2, 0.25) is 0 Å². The number of hydrogen-bond acceptors (Lipinski definition) is 5. The highest BCUT2D eigenvalue weighted by Gasteiger charge is 2.53. The lowest BCUT2D eigenvalue weighted by atomic mass is 9.54. The van der Waals surface area contributed by atoms with Gasteiger partial charge in [0.15, 0.2) is 0 Å². The fraction of sp³-hybridized carbons (Fsp3) is 0.591. The van der Waals surface area contributed by atoms with Gasteiger partial charge in [0.1, 0.15) is 17.5 Å². The average molecular weight is 399 g/mol. The standard InChI is InChI=1S/C22H29N3O4/c1-28-20(26)18(9-13-3-2-4-17(8-13)19(23)24)25-21(27)29-22-10-14-5-15(11-22)7-16(6-14)12-22/h2-4,8,14-16,18H,5-7,9-12H2,1H3,(H3,23,24)(H,25,27). The Morgan fingerprint density at radius 2 is 1.83 bits per heavy atom. The number of rotatable bonds is 6. The summed E-state index contributed by atoms with van der Waals surface area (Å²) in [5.41, 5.74) is 6.53. The molecule has 1 aromatic carbocycles. The van der Waals surface area contributed by atoms with E-state index in [1.165, 1.54) is 26.4 Å². The minimum absolute atomic E-state index is 0.0457. The third kappa shape index (κ3) is 4.23. The van der Waals surface area contributed by atoms with Crippen LogP contribution in [0.5, 0.6) is 0 Å². The third-order valence-corrected chi connectivity index (χ3v) is 6.75. The summed E-state index contributed by atoms with van der Waals surface area (Å²) >= 11 is 0. The second-order valence-corrected chi connectivity index (χ2v) is 9.03. The van der Waals surface area contributed by atoms with Crippen LogP contribution in [0.25, 0.3) is 0 Å². The molecule has 0 saturated heterocycles. The summed E-state index contributed by atoms with van der Waals surface area (Å²) in [4.78, 5) is 25.0. The number of nitrogens with one attached hydrogen (secondary N) is 2. The Hall–Kier alpha value is -2.57. The first-order chi connectivity index (χ1) is 13.9. The Morgan fingerprint density at radius 1 is 1.21 bits per heavy atom. The van der Waals surface area contributed by atoms with Crippen LogP contribution in [0, 0.1) is 23.2 Å². The Bertz CT molecular complexity index is 787. The van der Waals surface area contributed by atoms with Gasteiger partial charge in [-0.25, -0.2) is 9.59 Å². The molecule has 1 unspecified atom stereocenters. The first kappa shape index (κ1) is 19.7. The first-order valence-corrected chi connectivity index (χ1v) is 10.4. The SMILES string of the molecule is COC(=O)C(Cc1cccc(C(=N)N)c1)NC(=O)OC12CC3CC(CC(C3)C1)C2. The van der Waals surface area contributed by atoms with Gasteiger partial charge in [0.2, 0.25) is 0 Å². The van der Waals surface area contributed by atoms with Crippen LogP contribution in [0.3, 0.4) is 0 Å². The lowest BCUT2D eigenvalue weighted by Gasteiger charge is -2.55. The van der Waals surface area contributed by atoms with Crippen LogP contribution >= 0.6 is 0 Å². The lowest BCUT2D eigenvalue weighted by molar-refractivity contribution is -0.144.